The van der Waals surface area contributed by atoms with Crippen LogP contribution in [0.4, 0.5) is 17.1 Å². The molecule has 12 nitrogen and oxygen atoms in total. The van der Waals surface area contributed by atoms with E-state index in [1.807, 2.05) is 0 Å². The van der Waals surface area contributed by atoms with E-state index in [9.17, 15) is 24.5 Å². The van der Waals surface area contributed by atoms with Gasteiger partial charge in [-0.2, -0.15) is 0 Å². The highest BCUT2D eigenvalue weighted by molar-refractivity contribution is 6.07. The van der Waals surface area contributed by atoms with Crippen LogP contribution in [0.25, 0.3) is 0 Å². The van der Waals surface area contributed by atoms with E-state index in [0.29, 0.717) is 11.4 Å². The molecule has 0 saturated heterocycles. The van der Waals surface area contributed by atoms with Crippen LogP contribution in [0.5, 0.6) is 0 Å². The van der Waals surface area contributed by atoms with Crippen molar-refractivity contribution in [1.82, 2.24) is 14.1 Å². The molecule has 0 fully saturated rings. The van der Waals surface area contributed by atoms with Gasteiger partial charge in [0, 0.05) is 32.6 Å². The predicted octanol–water partition coefficient (Wildman–Crippen LogP) is 1.89. The molecule has 0 aromatic carbocycles. The number of H-pyrrole nitrogens is 1. The minimum atomic E-state index is -0.618. The molecule has 0 bridgehead atoms. The lowest BCUT2D eigenvalue weighted by Gasteiger charge is -2.03. The third-order valence-corrected chi connectivity index (χ3v) is 4.28. The maximum absolute atomic E-state index is 12.6. The minimum Gasteiger partial charge on any atom is -0.464 e. The van der Waals surface area contributed by atoms with Gasteiger partial charge in [0.25, 0.3) is 17.5 Å². The van der Waals surface area contributed by atoms with Crippen molar-refractivity contribution in [3.63, 3.8) is 0 Å². The van der Waals surface area contributed by atoms with Gasteiger partial charge < -0.3 is 29.5 Å². The van der Waals surface area contributed by atoms with E-state index in [1.165, 1.54) is 34.6 Å². The van der Waals surface area contributed by atoms with Crippen LogP contribution in [0.3, 0.4) is 0 Å². The number of amides is 2. The molecule has 0 unspecified atom stereocenters. The second kappa shape index (κ2) is 7.95. The van der Waals surface area contributed by atoms with Crippen LogP contribution < -0.4 is 10.6 Å². The Labute approximate surface area is 169 Å². The summed E-state index contributed by atoms with van der Waals surface area (Å²) in [6.45, 7) is 0. The first-order valence-corrected chi connectivity index (χ1v) is 8.56. The van der Waals surface area contributed by atoms with Crippen molar-refractivity contribution in [3.8, 4) is 0 Å². The summed E-state index contributed by atoms with van der Waals surface area (Å²) in [4.78, 5) is 49.1. The monoisotopic (exact) mass is 414 g/mol. The van der Waals surface area contributed by atoms with Crippen LogP contribution in [0.1, 0.15) is 31.5 Å². The van der Waals surface area contributed by atoms with Gasteiger partial charge in [-0.3, -0.25) is 19.7 Å². The van der Waals surface area contributed by atoms with E-state index >= 15 is 0 Å². The number of carbonyl (C=O) groups excluding carboxylic acids is 3. The van der Waals surface area contributed by atoms with Crippen LogP contribution in [0.15, 0.2) is 36.8 Å². The van der Waals surface area contributed by atoms with Crippen LogP contribution in [-0.2, 0) is 18.8 Å². The van der Waals surface area contributed by atoms with E-state index < -0.39 is 22.7 Å². The average Bonchev–Trinajstić information content (AvgIpc) is 3.40. The Morgan fingerprint density at radius 1 is 1.00 bits per heavy atom. The van der Waals surface area contributed by atoms with Crippen molar-refractivity contribution in [2.45, 2.75) is 0 Å². The van der Waals surface area contributed by atoms with Crippen LogP contribution in [0.2, 0.25) is 0 Å². The zero-order chi connectivity index (χ0) is 22.0. The predicted molar refractivity (Wildman–Crippen MR) is 106 cm³/mol. The number of ether oxygens (including phenoxy) is 1. The molecule has 3 heterocycles. The number of aryl methyl sites for hydroxylation is 2. The smallest absolute Gasteiger partial charge is 0.354 e. The Kier molecular flexibility index (Phi) is 5.40. The number of hydrogen-bond acceptors (Lipinski definition) is 6. The molecule has 0 aliphatic heterocycles. The second-order valence-electron chi connectivity index (χ2n) is 6.38. The number of esters is 1. The summed E-state index contributed by atoms with van der Waals surface area (Å²) < 4.78 is 7.70. The molecule has 0 saturated carbocycles. The summed E-state index contributed by atoms with van der Waals surface area (Å²) in [6, 6.07) is 4.04. The van der Waals surface area contributed by atoms with Crippen LogP contribution >= 0.6 is 0 Å². The molecule has 0 spiro atoms. The Morgan fingerprint density at radius 2 is 1.57 bits per heavy atom. The summed E-state index contributed by atoms with van der Waals surface area (Å²) in [5, 5.41) is 16.0. The lowest BCUT2D eigenvalue weighted by Crippen LogP contribution is -2.15. The van der Waals surface area contributed by atoms with Gasteiger partial charge in [0.1, 0.15) is 17.1 Å². The van der Waals surface area contributed by atoms with Gasteiger partial charge in [-0.05, 0) is 12.1 Å². The van der Waals surface area contributed by atoms with Crippen LogP contribution in [-0.4, -0.2) is 43.9 Å². The number of aromatic nitrogens is 3. The molecule has 3 rings (SSSR count). The standard InChI is InChI=1S/C18H18N6O6/c1-22-8-10(20-16(25)13-6-12(7-19-13)24(28)29)4-14(22)17(26)21-11-5-15(18(27)30-3)23(2)9-11/h4-9,19H,1-3H3,(H,20,25)(H,21,26). The fourth-order valence-corrected chi connectivity index (χ4v) is 2.81. The van der Waals surface area contributed by atoms with Crippen molar-refractivity contribution < 1.29 is 24.0 Å². The van der Waals surface area contributed by atoms with E-state index in [1.54, 1.807) is 20.3 Å². The van der Waals surface area contributed by atoms with Crippen molar-refractivity contribution in [2.24, 2.45) is 14.1 Å². The van der Waals surface area contributed by atoms with E-state index in [0.717, 1.165) is 12.3 Å². The molecule has 156 valence electrons. The van der Waals surface area contributed by atoms with Gasteiger partial charge in [-0.15, -0.1) is 0 Å². The molecule has 3 aromatic rings. The van der Waals surface area contributed by atoms with Crippen molar-refractivity contribution >= 4 is 34.8 Å². The molecular formula is C18H18N6O6. The van der Waals surface area contributed by atoms with E-state index in [-0.39, 0.29) is 22.8 Å². The topological polar surface area (TPSA) is 153 Å². The summed E-state index contributed by atoms with van der Waals surface area (Å²) in [5.74, 6) is -1.59. The van der Waals surface area contributed by atoms with Gasteiger partial charge in [-0.1, -0.05) is 0 Å². The third-order valence-electron chi connectivity index (χ3n) is 4.28. The average molecular weight is 414 g/mol. The number of anilines is 2. The van der Waals surface area contributed by atoms with Gasteiger partial charge in [0.2, 0.25) is 0 Å². The molecular weight excluding hydrogens is 396 g/mol. The fourth-order valence-electron chi connectivity index (χ4n) is 2.81. The number of rotatable bonds is 6. The number of nitro groups is 1. The SMILES string of the molecule is COC(=O)c1cc(NC(=O)c2cc(NC(=O)c3cc([N+](=O)[O-])c[nH]3)cn2C)cn1C. The van der Waals surface area contributed by atoms with Crippen LogP contribution in [0, 0.1) is 10.1 Å². The Hall–Kier alpha value is -4.35. The van der Waals surface area contributed by atoms with Gasteiger partial charge in [0.05, 0.1) is 29.6 Å². The third kappa shape index (κ3) is 4.06. The van der Waals surface area contributed by atoms with Gasteiger partial charge >= 0.3 is 5.97 Å². The lowest BCUT2D eigenvalue weighted by molar-refractivity contribution is -0.384. The Balaban J connectivity index is 1.72. The zero-order valence-corrected chi connectivity index (χ0v) is 16.3. The Bertz CT molecular complexity index is 1150. The lowest BCUT2D eigenvalue weighted by atomic mass is 10.3. The minimum absolute atomic E-state index is 0.0104. The van der Waals surface area contributed by atoms with E-state index in [2.05, 4.69) is 20.4 Å². The van der Waals surface area contributed by atoms with Crippen molar-refractivity contribution in [3.05, 3.63) is 64.0 Å². The number of aromatic amines is 1. The molecule has 0 atom stereocenters. The number of nitrogens with one attached hydrogen (secondary N) is 3. The molecule has 30 heavy (non-hydrogen) atoms. The van der Waals surface area contributed by atoms with Gasteiger partial charge in [0.15, 0.2) is 0 Å². The normalized spacial score (nSPS) is 10.5. The summed E-state index contributed by atoms with van der Waals surface area (Å²) in [7, 11) is 4.52. The largest absolute Gasteiger partial charge is 0.464 e. The maximum Gasteiger partial charge on any atom is 0.354 e. The van der Waals surface area contributed by atoms with Crippen molar-refractivity contribution in [1.29, 1.82) is 0 Å². The second-order valence-corrected chi connectivity index (χ2v) is 6.38. The van der Waals surface area contributed by atoms with Crippen molar-refractivity contribution in [2.75, 3.05) is 17.7 Å². The number of nitrogens with zero attached hydrogens (tertiary/aromatic N) is 3. The fraction of sp³-hybridized carbons (Fsp3) is 0.167. The number of carbonyl (C=O) groups is 3. The molecule has 0 aliphatic carbocycles. The summed E-state index contributed by atoms with van der Waals surface area (Å²) >= 11 is 0. The molecule has 3 N–H and O–H groups in total. The van der Waals surface area contributed by atoms with E-state index in [4.69, 9.17) is 0 Å². The van der Waals surface area contributed by atoms with Gasteiger partial charge in [-0.25, -0.2) is 4.79 Å². The quantitative estimate of drug-likeness (QED) is 0.318. The Morgan fingerprint density at radius 3 is 2.13 bits per heavy atom. The maximum atomic E-state index is 12.6. The molecule has 12 heteroatoms. The first-order chi connectivity index (χ1) is 14.2. The molecule has 3 aromatic heterocycles. The molecule has 2 amide bonds. The molecule has 0 aliphatic rings. The highest BCUT2D eigenvalue weighted by Gasteiger charge is 2.19. The summed E-state index contributed by atoms with van der Waals surface area (Å²) in [6.07, 6.45) is 4.20. The zero-order valence-electron chi connectivity index (χ0n) is 16.3. The first-order valence-electron chi connectivity index (χ1n) is 8.56. The number of methoxy groups -OCH3 is 1. The molecule has 0 radical (unpaired) electrons. The number of hydrogen-bond donors (Lipinski definition) is 3. The summed E-state index contributed by atoms with van der Waals surface area (Å²) in [5.41, 5.74) is 1.01. The highest BCUT2D eigenvalue weighted by atomic mass is 16.6. The first kappa shape index (κ1) is 20.4. The highest BCUT2D eigenvalue weighted by Crippen LogP contribution is 2.19.